The molecule has 2 fully saturated rings. The fourth-order valence-corrected chi connectivity index (χ4v) is 4.97. The normalized spacial score (nSPS) is 24.2. The minimum Gasteiger partial charge on any atom is -0.0654 e. The van der Waals surface area contributed by atoms with Gasteiger partial charge in [-0.1, -0.05) is 90.9 Å². The highest BCUT2D eigenvalue weighted by molar-refractivity contribution is 4.87. The van der Waals surface area contributed by atoms with Crippen LogP contribution in [0.1, 0.15) is 90.9 Å². The van der Waals surface area contributed by atoms with Gasteiger partial charge < -0.3 is 0 Å². The summed E-state index contributed by atoms with van der Waals surface area (Å²) < 4.78 is 0. The van der Waals surface area contributed by atoms with Crippen LogP contribution in [0, 0.1) is 23.7 Å². The molecule has 0 aromatic rings. The number of unbranched alkanes of at least 4 members (excludes halogenated alkanes) is 1. The first-order chi connectivity index (χ1) is 8.86. The fraction of sp³-hybridized carbons (Fsp3) is 1.00. The Bertz CT molecular complexity index is 192. The predicted molar refractivity (Wildman–Crippen MR) is 80.7 cm³/mol. The first-order valence-corrected chi connectivity index (χ1v) is 8.86. The summed E-state index contributed by atoms with van der Waals surface area (Å²) in [6, 6.07) is 0. The highest BCUT2D eigenvalue weighted by Gasteiger charge is 2.36. The molecule has 2 saturated carbocycles. The van der Waals surface area contributed by atoms with Crippen LogP contribution in [0.4, 0.5) is 0 Å². The monoisotopic (exact) mass is 250 g/mol. The van der Waals surface area contributed by atoms with Gasteiger partial charge in [-0.25, -0.2) is 0 Å². The quantitative estimate of drug-likeness (QED) is 0.504. The molecule has 0 N–H and O–H groups in total. The number of hydrogen-bond donors (Lipinski definition) is 0. The van der Waals surface area contributed by atoms with Crippen molar-refractivity contribution in [2.75, 3.05) is 0 Å². The molecule has 1 unspecified atom stereocenters. The topological polar surface area (TPSA) is 0 Å². The third kappa shape index (κ3) is 3.52. The zero-order chi connectivity index (χ0) is 12.8. The molecule has 0 radical (unpaired) electrons. The van der Waals surface area contributed by atoms with E-state index in [9.17, 15) is 0 Å². The molecule has 0 bridgehead atoms. The largest absolute Gasteiger partial charge is 0.0654 e. The van der Waals surface area contributed by atoms with Gasteiger partial charge in [-0.05, 0) is 23.7 Å². The summed E-state index contributed by atoms with van der Waals surface area (Å²) in [6.07, 6.45) is 18.2. The van der Waals surface area contributed by atoms with Crippen LogP contribution in [0.25, 0.3) is 0 Å². The molecule has 0 spiro atoms. The van der Waals surface area contributed by atoms with Gasteiger partial charge in [0, 0.05) is 0 Å². The van der Waals surface area contributed by atoms with E-state index in [4.69, 9.17) is 0 Å². The molecule has 0 aliphatic heterocycles. The minimum atomic E-state index is 1.05. The predicted octanol–water partition coefficient (Wildman–Crippen LogP) is 6.20. The maximum atomic E-state index is 2.46. The van der Waals surface area contributed by atoms with E-state index in [-0.39, 0.29) is 0 Å². The third-order valence-electron chi connectivity index (χ3n) is 5.89. The molecule has 0 amide bonds. The summed E-state index contributed by atoms with van der Waals surface area (Å²) in [5.74, 6) is 4.37. The molecule has 2 aliphatic carbocycles. The molecule has 0 nitrogen and oxygen atoms in total. The Morgan fingerprint density at radius 2 is 1.33 bits per heavy atom. The SMILES string of the molecule is CCCCC(CC)C(C1CCCC1)C1CCCC1. The summed E-state index contributed by atoms with van der Waals surface area (Å²) in [6.45, 7) is 4.81. The van der Waals surface area contributed by atoms with Crippen LogP contribution < -0.4 is 0 Å². The molecule has 18 heavy (non-hydrogen) atoms. The van der Waals surface area contributed by atoms with Crippen LogP contribution in [0.2, 0.25) is 0 Å². The smallest absolute Gasteiger partial charge is 0.0329 e. The van der Waals surface area contributed by atoms with Gasteiger partial charge in [-0.2, -0.15) is 0 Å². The Balaban J connectivity index is 2.00. The third-order valence-corrected chi connectivity index (χ3v) is 5.89. The summed E-state index contributed by atoms with van der Waals surface area (Å²) in [7, 11) is 0. The van der Waals surface area contributed by atoms with Crippen molar-refractivity contribution in [3.8, 4) is 0 Å². The van der Waals surface area contributed by atoms with Crippen molar-refractivity contribution in [3.05, 3.63) is 0 Å². The molecule has 0 heterocycles. The lowest BCUT2D eigenvalue weighted by Crippen LogP contribution is -2.28. The molecule has 0 aromatic heterocycles. The van der Waals surface area contributed by atoms with Crippen LogP contribution in [0.5, 0.6) is 0 Å². The van der Waals surface area contributed by atoms with E-state index in [0.29, 0.717) is 0 Å². The molecular weight excluding hydrogens is 216 g/mol. The van der Waals surface area contributed by atoms with E-state index >= 15 is 0 Å². The average Bonchev–Trinajstić information content (AvgIpc) is 3.07. The molecule has 0 aromatic carbocycles. The standard InChI is InChI=1S/C18H34/c1-3-5-10-15(4-2)18(16-11-6-7-12-16)17-13-8-9-14-17/h15-18H,3-14H2,1-2H3. The maximum Gasteiger partial charge on any atom is -0.0329 e. The first kappa shape index (κ1) is 14.4. The van der Waals surface area contributed by atoms with Crippen molar-refractivity contribution in [3.63, 3.8) is 0 Å². The molecular formula is C18H34. The van der Waals surface area contributed by atoms with Gasteiger partial charge in [0.25, 0.3) is 0 Å². The van der Waals surface area contributed by atoms with E-state index in [2.05, 4.69) is 13.8 Å². The lowest BCUT2D eigenvalue weighted by molar-refractivity contribution is 0.133. The molecule has 106 valence electrons. The highest BCUT2D eigenvalue weighted by atomic mass is 14.4. The van der Waals surface area contributed by atoms with Crippen LogP contribution in [0.3, 0.4) is 0 Å². The second-order valence-electron chi connectivity index (χ2n) is 6.98. The zero-order valence-corrected chi connectivity index (χ0v) is 12.8. The Morgan fingerprint density at radius 3 is 1.72 bits per heavy atom. The van der Waals surface area contributed by atoms with Crippen LogP contribution in [-0.2, 0) is 0 Å². The minimum absolute atomic E-state index is 1.05. The van der Waals surface area contributed by atoms with E-state index in [1.165, 1.54) is 51.4 Å². The van der Waals surface area contributed by atoms with Crippen molar-refractivity contribution in [2.24, 2.45) is 23.7 Å². The van der Waals surface area contributed by atoms with Gasteiger partial charge in [0.05, 0.1) is 0 Å². The van der Waals surface area contributed by atoms with Crippen LogP contribution in [0.15, 0.2) is 0 Å². The Hall–Kier alpha value is 0. The van der Waals surface area contributed by atoms with Crippen molar-refractivity contribution in [2.45, 2.75) is 90.9 Å². The van der Waals surface area contributed by atoms with Gasteiger partial charge in [-0.15, -0.1) is 0 Å². The molecule has 1 atom stereocenters. The van der Waals surface area contributed by atoms with Gasteiger partial charge in [0.1, 0.15) is 0 Å². The summed E-state index contributed by atoms with van der Waals surface area (Å²) in [4.78, 5) is 0. The molecule has 0 saturated heterocycles. The van der Waals surface area contributed by atoms with E-state index in [1.807, 2.05) is 0 Å². The van der Waals surface area contributed by atoms with E-state index in [0.717, 1.165) is 23.7 Å². The van der Waals surface area contributed by atoms with Crippen LogP contribution in [-0.4, -0.2) is 0 Å². The first-order valence-electron chi connectivity index (χ1n) is 8.86. The van der Waals surface area contributed by atoms with Crippen molar-refractivity contribution in [1.29, 1.82) is 0 Å². The fourth-order valence-electron chi connectivity index (χ4n) is 4.97. The van der Waals surface area contributed by atoms with Gasteiger partial charge in [0.2, 0.25) is 0 Å². The maximum absolute atomic E-state index is 2.46. The summed E-state index contributed by atoms with van der Waals surface area (Å²) in [5, 5.41) is 0. The van der Waals surface area contributed by atoms with E-state index in [1.54, 1.807) is 25.7 Å². The molecule has 0 heteroatoms. The second kappa shape index (κ2) is 7.56. The lowest BCUT2D eigenvalue weighted by atomic mass is 9.69. The van der Waals surface area contributed by atoms with Gasteiger partial charge >= 0.3 is 0 Å². The van der Waals surface area contributed by atoms with Crippen molar-refractivity contribution >= 4 is 0 Å². The Morgan fingerprint density at radius 1 is 0.833 bits per heavy atom. The number of rotatable bonds is 7. The zero-order valence-electron chi connectivity index (χ0n) is 12.8. The average molecular weight is 250 g/mol. The number of hydrogen-bond acceptors (Lipinski definition) is 0. The lowest BCUT2D eigenvalue weighted by Gasteiger charge is -2.36. The Labute approximate surface area is 115 Å². The second-order valence-corrected chi connectivity index (χ2v) is 6.98. The summed E-state index contributed by atoms with van der Waals surface area (Å²) in [5.41, 5.74) is 0. The van der Waals surface area contributed by atoms with Crippen molar-refractivity contribution < 1.29 is 0 Å². The summed E-state index contributed by atoms with van der Waals surface area (Å²) >= 11 is 0. The highest BCUT2D eigenvalue weighted by Crippen LogP contribution is 2.47. The van der Waals surface area contributed by atoms with Crippen LogP contribution >= 0.6 is 0 Å². The van der Waals surface area contributed by atoms with Gasteiger partial charge in [0.15, 0.2) is 0 Å². The Kier molecular flexibility index (Phi) is 6.05. The van der Waals surface area contributed by atoms with E-state index < -0.39 is 0 Å². The van der Waals surface area contributed by atoms with Crippen molar-refractivity contribution in [1.82, 2.24) is 0 Å². The molecule has 2 rings (SSSR count). The van der Waals surface area contributed by atoms with Gasteiger partial charge in [-0.3, -0.25) is 0 Å². The molecule has 2 aliphatic rings.